The fraction of sp³-hybridized carbons (Fsp3) is 0.333. The van der Waals surface area contributed by atoms with E-state index in [0.29, 0.717) is 11.8 Å². The van der Waals surface area contributed by atoms with Gasteiger partial charge >= 0.3 is 6.16 Å². The number of hydrogen-bond donors (Lipinski definition) is 2. The molecule has 6 rings (SSSR count). The standard InChI is InChI=1S/C20H24N2O2.C7H5NO5.ClH/c1-3-13-12-22-9-7-14(13)10-19(22)20(23)16-6-8-21-18-5-4-15(24-2)11-17(16)18;9-7(10)13-6-3-1-5(2-4-6)8(11)12;/h3-6,8,11,13-14,19-20,23H,1,7,9-10,12H2,2H3;1-4H,(H,9,10);1H/t13-,14-,19-,20+;;/m0../s1. The molecule has 5 atom stereocenters. The second-order valence-electron chi connectivity index (χ2n) is 9.09. The lowest BCUT2D eigenvalue weighted by Crippen LogP contribution is -2.54. The summed E-state index contributed by atoms with van der Waals surface area (Å²) >= 11 is 0. The summed E-state index contributed by atoms with van der Waals surface area (Å²) < 4.78 is 9.59. The number of non-ortho nitro benzene ring substituents is 1. The highest BCUT2D eigenvalue weighted by Gasteiger charge is 2.42. The number of rotatable bonds is 6. The molecular formula is C27H30ClN3O7. The van der Waals surface area contributed by atoms with Crippen LogP contribution in [0.2, 0.25) is 0 Å². The SMILES string of the molecule is C=C[C@H]1C[N@]2CC[C@H]1C[C@H]2[C@H](O)c1ccnc2ccc(OC)cc12.Cl.O=C(O)Oc1ccc([N+](=O)[O-])cc1. The number of aromatic nitrogens is 1. The van der Waals surface area contributed by atoms with Crippen LogP contribution in [0, 0.1) is 22.0 Å². The molecule has 3 fully saturated rings. The van der Waals surface area contributed by atoms with E-state index in [1.54, 1.807) is 13.3 Å². The molecule has 0 aliphatic carbocycles. The fourth-order valence-electron chi connectivity index (χ4n) is 5.18. The molecule has 2 N–H and O–H groups in total. The maximum Gasteiger partial charge on any atom is 0.511 e. The van der Waals surface area contributed by atoms with Gasteiger partial charge in [-0.05, 0) is 73.2 Å². The number of nitro groups is 1. The van der Waals surface area contributed by atoms with Crippen LogP contribution in [0.15, 0.2) is 67.4 Å². The molecule has 3 aliphatic heterocycles. The number of halogens is 1. The van der Waals surface area contributed by atoms with Crippen molar-refractivity contribution in [2.75, 3.05) is 20.2 Å². The molecule has 11 heteroatoms. The summed E-state index contributed by atoms with van der Waals surface area (Å²) in [7, 11) is 1.66. The van der Waals surface area contributed by atoms with Crippen molar-refractivity contribution < 1.29 is 29.4 Å². The van der Waals surface area contributed by atoms with Crippen molar-refractivity contribution in [2.45, 2.75) is 25.0 Å². The number of pyridine rings is 1. The van der Waals surface area contributed by atoms with Gasteiger partial charge in [-0.1, -0.05) is 6.08 Å². The van der Waals surface area contributed by atoms with E-state index in [9.17, 15) is 20.0 Å². The zero-order valence-electron chi connectivity index (χ0n) is 20.8. The topological polar surface area (TPSA) is 135 Å². The van der Waals surface area contributed by atoms with Gasteiger partial charge in [0.2, 0.25) is 0 Å². The van der Waals surface area contributed by atoms with Crippen LogP contribution >= 0.6 is 12.4 Å². The van der Waals surface area contributed by atoms with Crippen LogP contribution in [0.1, 0.15) is 24.5 Å². The Morgan fingerprint density at radius 2 is 1.95 bits per heavy atom. The highest BCUT2D eigenvalue weighted by molar-refractivity contribution is 5.85. The van der Waals surface area contributed by atoms with Gasteiger partial charge in [-0.15, -0.1) is 19.0 Å². The molecule has 3 aromatic rings. The Kier molecular flexibility index (Phi) is 9.62. The third kappa shape index (κ3) is 6.39. The summed E-state index contributed by atoms with van der Waals surface area (Å²) in [5.74, 6) is 2.06. The number of piperidine rings is 3. The van der Waals surface area contributed by atoms with Crippen LogP contribution in [0.5, 0.6) is 11.5 Å². The van der Waals surface area contributed by atoms with Crippen molar-refractivity contribution in [1.29, 1.82) is 0 Å². The van der Waals surface area contributed by atoms with Crippen molar-refractivity contribution in [3.63, 3.8) is 0 Å². The van der Waals surface area contributed by atoms with Gasteiger partial charge in [-0.3, -0.25) is 20.0 Å². The number of aliphatic hydroxyl groups excluding tert-OH is 1. The zero-order chi connectivity index (χ0) is 26.5. The molecule has 202 valence electrons. The molecule has 10 nitrogen and oxygen atoms in total. The molecule has 3 saturated heterocycles. The Morgan fingerprint density at radius 3 is 2.53 bits per heavy atom. The van der Waals surface area contributed by atoms with Gasteiger partial charge in [0.1, 0.15) is 11.5 Å². The lowest BCUT2D eigenvalue weighted by molar-refractivity contribution is -0.384. The van der Waals surface area contributed by atoms with E-state index in [4.69, 9.17) is 9.84 Å². The van der Waals surface area contributed by atoms with Gasteiger partial charge in [0.05, 0.1) is 23.7 Å². The lowest BCUT2D eigenvalue weighted by atomic mass is 9.73. The highest BCUT2D eigenvalue weighted by atomic mass is 35.5. The predicted octanol–water partition coefficient (Wildman–Crippen LogP) is 5.25. The van der Waals surface area contributed by atoms with Crippen molar-refractivity contribution in [1.82, 2.24) is 9.88 Å². The molecule has 2 aromatic carbocycles. The minimum atomic E-state index is -1.45. The van der Waals surface area contributed by atoms with E-state index >= 15 is 0 Å². The smallest absolute Gasteiger partial charge is 0.497 e. The number of nitro benzene ring substituents is 1. The molecule has 3 aliphatic rings. The van der Waals surface area contributed by atoms with Gasteiger partial charge in [-0.25, -0.2) is 4.79 Å². The number of aliphatic hydroxyl groups is 1. The Balaban J connectivity index is 0.000000245. The molecule has 0 spiro atoms. The molecule has 4 heterocycles. The van der Waals surface area contributed by atoms with Crippen molar-refractivity contribution in [3.05, 3.63) is 83.1 Å². The summed E-state index contributed by atoms with van der Waals surface area (Å²) in [5, 5.41) is 30.5. The molecule has 2 bridgehead atoms. The third-order valence-corrected chi connectivity index (χ3v) is 7.07. The van der Waals surface area contributed by atoms with Crippen LogP contribution < -0.4 is 9.47 Å². The van der Waals surface area contributed by atoms with Gasteiger partial charge in [0, 0.05) is 36.3 Å². The Bertz CT molecular complexity index is 1290. The fourth-order valence-corrected chi connectivity index (χ4v) is 5.18. The van der Waals surface area contributed by atoms with Crippen molar-refractivity contribution in [3.8, 4) is 11.5 Å². The number of carboxylic acid groups (broad SMARTS) is 1. The second kappa shape index (κ2) is 12.7. The molecule has 1 aromatic heterocycles. The molecule has 38 heavy (non-hydrogen) atoms. The number of nitrogens with zero attached hydrogens (tertiary/aromatic N) is 3. The summed E-state index contributed by atoms with van der Waals surface area (Å²) in [6, 6.07) is 12.7. The van der Waals surface area contributed by atoms with E-state index < -0.39 is 17.2 Å². The van der Waals surface area contributed by atoms with E-state index in [1.165, 1.54) is 18.6 Å². The van der Waals surface area contributed by atoms with E-state index in [1.807, 2.05) is 24.3 Å². The number of ether oxygens (including phenoxy) is 2. The van der Waals surface area contributed by atoms with Gasteiger partial charge in [0.25, 0.3) is 5.69 Å². The number of carbonyl (C=O) groups is 1. The molecule has 0 radical (unpaired) electrons. The van der Waals surface area contributed by atoms with Crippen molar-refractivity contribution in [2.24, 2.45) is 11.8 Å². The molecule has 0 unspecified atom stereocenters. The van der Waals surface area contributed by atoms with Gasteiger partial charge < -0.3 is 19.7 Å². The van der Waals surface area contributed by atoms with Crippen LogP contribution in [0.25, 0.3) is 10.9 Å². The normalized spacial score (nSPS) is 22.3. The van der Waals surface area contributed by atoms with Crippen LogP contribution in [-0.4, -0.2) is 57.4 Å². The first-order valence-corrected chi connectivity index (χ1v) is 11.9. The quantitative estimate of drug-likeness (QED) is 0.140. The van der Waals surface area contributed by atoms with Gasteiger partial charge in [0.15, 0.2) is 0 Å². The number of benzene rings is 2. The van der Waals surface area contributed by atoms with Gasteiger partial charge in [-0.2, -0.15) is 0 Å². The molecule has 0 amide bonds. The summed E-state index contributed by atoms with van der Waals surface area (Å²) in [4.78, 5) is 26.5. The summed E-state index contributed by atoms with van der Waals surface area (Å²) in [6.45, 7) is 6.07. The first-order valence-electron chi connectivity index (χ1n) is 11.9. The van der Waals surface area contributed by atoms with Crippen molar-refractivity contribution >= 4 is 35.2 Å². The number of hydrogen-bond acceptors (Lipinski definition) is 8. The monoisotopic (exact) mass is 543 g/mol. The minimum absolute atomic E-state index is 0. The highest BCUT2D eigenvalue weighted by Crippen LogP contribution is 2.42. The summed E-state index contributed by atoms with van der Waals surface area (Å²) in [6.07, 6.45) is 4.17. The summed E-state index contributed by atoms with van der Waals surface area (Å²) in [5.41, 5.74) is 1.73. The third-order valence-electron chi connectivity index (χ3n) is 7.07. The first kappa shape index (κ1) is 28.8. The minimum Gasteiger partial charge on any atom is -0.497 e. The van der Waals surface area contributed by atoms with E-state index in [-0.39, 0.29) is 29.9 Å². The van der Waals surface area contributed by atoms with E-state index in [2.05, 4.69) is 27.3 Å². The predicted molar refractivity (Wildman–Crippen MR) is 144 cm³/mol. The van der Waals surface area contributed by atoms with Crippen LogP contribution in [0.3, 0.4) is 0 Å². The lowest BCUT2D eigenvalue weighted by Gasteiger charge is -2.50. The number of methoxy groups -OCH3 is 1. The molecule has 0 saturated carbocycles. The average Bonchev–Trinajstić information content (AvgIpc) is 2.92. The second-order valence-corrected chi connectivity index (χ2v) is 9.09. The van der Waals surface area contributed by atoms with Crippen LogP contribution in [-0.2, 0) is 0 Å². The Hall–Kier alpha value is -3.73. The largest absolute Gasteiger partial charge is 0.511 e. The maximum atomic E-state index is 11.2. The van der Waals surface area contributed by atoms with E-state index in [0.717, 1.165) is 53.9 Å². The maximum absolute atomic E-state index is 11.2. The molecular weight excluding hydrogens is 514 g/mol. The zero-order valence-corrected chi connectivity index (χ0v) is 21.6. The van der Waals surface area contributed by atoms with Crippen LogP contribution in [0.4, 0.5) is 10.5 Å². The Morgan fingerprint density at radius 1 is 1.24 bits per heavy atom. The first-order chi connectivity index (χ1) is 17.8. The number of fused-ring (bicyclic) bond motifs is 4. The Labute approximate surface area is 226 Å². The average molecular weight is 544 g/mol.